The van der Waals surface area contributed by atoms with Gasteiger partial charge in [0.2, 0.25) is 0 Å². The third-order valence-corrected chi connectivity index (χ3v) is 2.17. The van der Waals surface area contributed by atoms with E-state index in [4.69, 9.17) is 4.74 Å². The maximum absolute atomic E-state index is 5.26. The first-order valence-corrected chi connectivity index (χ1v) is 4.34. The summed E-state index contributed by atoms with van der Waals surface area (Å²) in [7, 11) is 1.69. The van der Waals surface area contributed by atoms with Gasteiger partial charge in [-0.15, -0.1) is 0 Å². The highest BCUT2D eigenvalue weighted by Crippen LogP contribution is 2.20. The summed E-state index contributed by atoms with van der Waals surface area (Å²) in [6.45, 7) is 2.11. The second-order valence-electron chi connectivity index (χ2n) is 2.91. The topological polar surface area (TPSA) is 26.5 Å². The summed E-state index contributed by atoms with van der Waals surface area (Å²) in [4.78, 5) is 4.19. The fourth-order valence-electron chi connectivity index (χ4n) is 1.44. The van der Waals surface area contributed by atoms with Gasteiger partial charge >= 0.3 is 0 Å². The van der Waals surface area contributed by atoms with Crippen molar-refractivity contribution in [1.29, 1.82) is 0 Å². The Kier molecular flexibility index (Phi) is 1.93. The van der Waals surface area contributed by atoms with Crippen molar-refractivity contribution in [3.05, 3.63) is 30.2 Å². The van der Waals surface area contributed by atoms with Crippen LogP contribution >= 0.6 is 0 Å². The van der Waals surface area contributed by atoms with Crippen LogP contribution in [0.5, 0.6) is 5.75 Å². The SMILES string of the molecule is CCc1cn2ccnc2cc1OC. The minimum atomic E-state index is 0.918. The summed E-state index contributed by atoms with van der Waals surface area (Å²) in [5, 5.41) is 0. The summed E-state index contributed by atoms with van der Waals surface area (Å²) < 4.78 is 7.26. The molecule has 0 bridgehead atoms. The monoisotopic (exact) mass is 176 g/mol. The fraction of sp³-hybridized carbons (Fsp3) is 0.300. The maximum atomic E-state index is 5.26. The van der Waals surface area contributed by atoms with Crippen LogP contribution in [0.25, 0.3) is 5.65 Å². The number of methoxy groups -OCH3 is 1. The van der Waals surface area contributed by atoms with E-state index >= 15 is 0 Å². The standard InChI is InChI=1S/C10H12N2O/c1-3-8-7-12-5-4-11-10(12)6-9(8)13-2/h4-7H,3H2,1-2H3. The number of fused-ring (bicyclic) bond motifs is 1. The van der Waals surface area contributed by atoms with Crippen molar-refractivity contribution in [2.75, 3.05) is 7.11 Å². The average Bonchev–Trinajstić information content (AvgIpc) is 2.62. The number of imidazole rings is 1. The highest BCUT2D eigenvalue weighted by molar-refractivity contribution is 5.48. The van der Waals surface area contributed by atoms with Gasteiger partial charge in [0.25, 0.3) is 0 Å². The van der Waals surface area contributed by atoms with Crippen molar-refractivity contribution in [1.82, 2.24) is 9.38 Å². The molecule has 0 radical (unpaired) electrons. The Hall–Kier alpha value is -1.51. The molecule has 0 aliphatic heterocycles. The molecule has 3 nitrogen and oxygen atoms in total. The van der Waals surface area contributed by atoms with E-state index in [1.54, 1.807) is 13.3 Å². The minimum Gasteiger partial charge on any atom is -0.496 e. The maximum Gasteiger partial charge on any atom is 0.140 e. The second kappa shape index (κ2) is 3.09. The normalized spacial score (nSPS) is 10.6. The Bertz CT molecular complexity index is 382. The van der Waals surface area contributed by atoms with E-state index < -0.39 is 0 Å². The van der Waals surface area contributed by atoms with Crippen LogP contribution in [-0.4, -0.2) is 16.5 Å². The van der Waals surface area contributed by atoms with Crippen LogP contribution < -0.4 is 4.74 Å². The number of aromatic nitrogens is 2. The zero-order chi connectivity index (χ0) is 9.26. The van der Waals surface area contributed by atoms with Gasteiger partial charge in [-0.25, -0.2) is 4.98 Å². The minimum absolute atomic E-state index is 0.918. The van der Waals surface area contributed by atoms with Crippen LogP contribution in [0.1, 0.15) is 12.5 Å². The van der Waals surface area contributed by atoms with Crippen molar-refractivity contribution in [2.24, 2.45) is 0 Å². The zero-order valence-electron chi connectivity index (χ0n) is 7.82. The van der Waals surface area contributed by atoms with Crippen LogP contribution in [0.2, 0.25) is 0 Å². The van der Waals surface area contributed by atoms with Crippen molar-refractivity contribution < 1.29 is 4.74 Å². The first-order chi connectivity index (χ1) is 6.35. The Morgan fingerprint density at radius 2 is 2.38 bits per heavy atom. The van der Waals surface area contributed by atoms with Gasteiger partial charge in [0.1, 0.15) is 11.4 Å². The summed E-state index contributed by atoms with van der Waals surface area (Å²) >= 11 is 0. The molecule has 0 amide bonds. The van der Waals surface area contributed by atoms with Gasteiger partial charge in [-0.05, 0) is 6.42 Å². The van der Waals surface area contributed by atoms with Gasteiger partial charge in [-0.2, -0.15) is 0 Å². The summed E-state index contributed by atoms with van der Waals surface area (Å²) in [6.07, 6.45) is 6.75. The third-order valence-electron chi connectivity index (χ3n) is 2.17. The van der Waals surface area contributed by atoms with E-state index in [1.165, 1.54) is 5.56 Å². The molecule has 0 aromatic carbocycles. The summed E-state index contributed by atoms with van der Waals surface area (Å²) in [5.41, 5.74) is 2.13. The van der Waals surface area contributed by atoms with Crippen LogP contribution in [0, 0.1) is 0 Å². The van der Waals surface area contributed by atoms with E-state index in [0.29, 0.717) is 0 Å². The van der Waals surface area contributed by atoms with Gasteiger partial charge in [-0.3, -0.25) is 0 Å². The highest BCUT2D eigenvalue weighted by Gasteiger charge is 2.03. The largest absolute Gasteiger partial charge is 0.496 e. The molecule has 13 heavy (non-hydrogen) atoms. The highest BCUT2D eigenvalue weighted by atomic mass is 16.5. The van der Waals surface area contributed by atoms with E-state index in [1.807, 2.05) is 16.7 Å². The van der Waals surface area contributed by atoms with Crippen LogP contribution in [0.4, 0.5) is 0 Å². The molecule has 0 saturated carbocycles. The van der Waals surface area contributed by atoms with E-state index in [9.17, 15) is 0 Å². The van der Waals surface area contributed by atoms with Gasteiger partial charge in [-0.1, -0.05) is 6.92 Å². The van der Waals surface area contributed by atoms with Crippen LogP contribution in [0.15, 0.2) is 24.7 Å². The molecule has 3 heteroatoms. The number of hydrogen-bond acceptors (Lipinski definition) is 2. The summed E-state index contributed by atoms with van der Waals surface area (Å²) in [6, 6.07) is 1.96. The number of rotatable bonds is 2. The predicted octanol–water partition coefficient (Wildman–Crippen LogP) is 1.91. The van der Waals surface area contributed by atoms with Crippen molar-refractivity contribution in [3.63, 3.8) is 0 Å². The van der Waals surface area contributed by atoms with Crippen molar-refractivity contribution in [3.8, 4) is 5.75 Å². The quantitative estimate of drug-likeness (QED) is 0.698. The number of nitrogens with zero attached hydrogens (tertiary/aromatic N) is 2. The van der Waals surface area contributed by atoms with Gasteiger partial charge < -0.3 is 9.14 Å². The molecule has 0 atom stereocenters. The lowest BCUT2D eigenvalue weighted by molar-refractivity contribution is 0.410. The molecule has 0 aliphatic rings. The van der Waals surface area contributed by atoms with Gasteiger partial charge in [0.15, 0.2) is 0 Å². The molecule has 0 aliphatic carbocycles. The Labute approximate surface area is 77.0 Å². The molecule has 2 heterocycles. The predicted molar refractivity (Wildman–Crippen MR) is 51.1 cm³/mol. The number of ether oxygens (including phenoxy) is 1. The molecule has 2 aromatic heterocycles. The van der Waals surface area contributed by atoms with Crippen molar-refractivity contribution in [2.45, 2.75) is 13.3 Å². The second-order valence-corrected chi connectivity index (χ2v) is 2.91. The average molecular weight is 176 g/mol. The molecule has 2 rings (SSSR count). The number of hydrogen-bond donors (Lipinski definition) is 0. The Morgan fingerprint density at radius 3 is 3.08 bits per heavy atom. The lowest BCUT2D eigenvalue weighted by atomic mass is 10.2. The Morgan fingerprint density at radius 1 is 1.54 bits per heavy atom. The van der Waals surface area contributed by atoms with Crippen LogP contribution in [-0.2, 0) is 6.42 Å². The first-order valence-electron chi connectivity index (χ1n) is 4.34. The number of pyridine rings is 1. The molecule has 0 spiro atoms. The van der Waals surface area contributed by atoms with Gasteiger partial charge in [0, 0.05) is 30.2 Å². The fourth-order valence-corrected chi connectivity index (χ4v) is 1.44. The lowest BCUT2D eigenvalue weighted by Crippen LogP contribution is -1.94. The van der Waals surface area contributed by atoms with Crippen LogP contribution in [0.3, 0.4) is 0 Å². The first kappa shape index (κ1) is 8.10. The smallest absolute Gasteiger partial charge is 0.140 e. The summed E-state index contributed by atoms with van der Waals surface area (Å²) in [5.74, 6) is 0.918. The lowest BCUT2D eigenvalue weighted by Gasteiger charge is -2.06. The zero-order valence-corrected chi connectivity index (χ0v) is 7.82. The molecule has 2 aromatic rings. The molecule has 0 fully saturated rings. The van der Waals surface area contributed by atoms with E-state index in [-0.39, 0.29) is 0 Å². The molecular formula is C10H12N2O. The van der Waals surface area contributed by atoms with Gasteiger partial charge in [0.05, 0.1) is 7.11 Å². The van der Waals surface area contributed by atoms with Crippen molar-refractivity contribution >= 4 is 5.65 Å². The molecule has 0 N–H and O–H groups in total. The third kappa shape index (κ3) is 1.26. The molecule has 0 saturated heterocycles. The Balaban J connectivity index is 2.67. The van der Waals surface area contributed by atoms with E-state index in [0.717, 1.165) is 17.8 Å². The number of aryl methyl sites for hydroxylation is 1. The molecule has 0 unspecified atom stereocenters. The molecular weight excluding hydrogens is 164 g/mol. The van der Waals surface area contributed by atoms with E-state index in [2.05, 4.69) is 18.1 Å². The molecule has 68 valence electrons.